The van der Waals surface area contributed by atoms with Crippen molar-refractivity contribution in [3.8, 4) is 0 Å². The first kappa shape index (κ1) is 15.5. The topological polar surface area (TPSA) is 101 Å². The molecule has 1 aromatic carbocycles. The third kappa shape index (κ3) is 2.51. The van der Waals surface area contributed by atoms with Crippen LogP contribution in [-0.4, -0.2) is 20.9 Å². The fraction of sp³-hybridized carbons (Fsp3) is 0.176. The number of aromatic nitrogens is 3. The van der Waals surface area contributed by atoms with Gasteiger partial charge in [-0.3, -0.25) is 14.9 Å². The molecule has 0 saturated carbocycles. The summed E-state index contributed by atoms with van der Waals surface area (Å²) >= 11 is 1.39. The summed E-state index contributed by atoms with van der Waals surface area (Å²) in [5.74, 6) is -0.104. The van der Waals surface area contributed by atoms with Gasteiger partial charge in [-0.05, 0) is 38.0 Å². The number of rotatable bonds is 2. The molecule has 2 N–H and O–H groups in total. The maximum absolute atomic E-state index is 12.7. The Kier molecular flexibility index (Phi) is 3.43. The van der Waals surface area contributed by atoms with E-state index in [9.17, 15) is 9.59 Å². The number of anilines is 1. The van der Waals surface area contributed by atoms with Crippen LogP contribution in [0.4, 0.5) is 5.13 Å². The molecule has 0 fully saturated rings. The molecule has 3 heterocycles. The summed E-state index contributed by atoms with van der Waals surface area (Å²) in [5.41, 5.74) is 2.96. The van der Waals surface area contributed by atoms with Gasteiger partial charge in [0.05, 0.1) is 22.1 Å². The number of nitrogens with one attached hydrogen (secondary N) is 2. The molecule has 0 aliphatic rings. The molecule has 25 heavy (non-hydrogen) atoms. The zero-order valence-corrected chi connectivity index (χ0v) is 14.6. The van der Waals surface area contributed by atoms with Gasteiger partial charge < -0.3 is 9.40 Å². The van der Waals surface area contributed by atoms with Crippen molar-refractivity contribution >= 4 is 43.7 Å². The zero-order chi connectivity index (χ0) is 17.7. The molecule has 0 atom stereocenters. The maximum Gasteiger partial charge on any atom is 0.262 e. The first-order valence-electron chi connectivity index (χ1n) is 7.60. The van der Waals surface area contributed by atoms with Crippen molar-refractivity contribution in [2.75, 3.05) is 5.32 Å². The largest absolute Gasteiger partial charge is 0.442 e. The maximum atomic E-state index is 12.7. The Hall–Kier alpha value is -3.00. The van der Waals surface area contributed by atoms with Crippen molar-refractivity contribution < 1.29 is 9.21 Å². The SMILES string of the molecule is Cc1cc(C)c2nc(NC(=O)c3c(C)oc4nc[nH]c(=O)c34)sc2c1. The second-order valence-electron chi connectivity index (χ2n) is 5.85. The molecule has 1 amide bonds. The minimum Gasteiger partial charge on any atom is -0.442 e. The molecule has 0 unspecified atom stereocenters. The Balaban J connectivity index is 1.77. The summed E-state index contributed by atoms with van der Waals surface area (Å²) < 4.78 is 6.42. The number of nitrogens with zero attached hydrogens (tertiary/aromatic N) is 2. The number of amides is 1. The van der Waals surface area contributed by atoms with E-state index < -0.39 is 11.5 Å². The highest BCUT2D eigenvalue weighted by molar-refractivity contribution is 7.22. The summed E-state index contributed by atoms with van der Waals surface area (Å²) in [4.78, 5) is 35.7. The van der Waals surface area contributed by atoms with Crippen LogP contribution in [0.5, 0.6) is 0 Å². The Morgan fingerprint density at radius 1 is 1.28 bits per heavy atom. The second kappa shape index (κ2) is 5.52. The van der Waals surface area contributed by atoms with Gasteiger partial charge in [0.25, 0.3) is 11.5 Å². The lowest BCUT2D eigenvalue weighted by Gasteiger charge is -2.00. The summed E-state index contributed by atoms with van der Waals surface area (Å²) in [6.07, 6.45) is 1.24. The number of aromatic amines is 1. The van der Waals surface area contributed by atoms with Crippen molar-refractivity contribution in [1.29, 1.82) is 0 Å². The van der Waals surface area contributed by atoms with Crippen molar-refractivity contribution in [1.82, 2.24) is 15.0 Å². The van der Waals surface area contributed by atoms with Crippen LogP contribution in [0.1, 0.15) is 27.2 Å². The van der Waals surface area contributed by atoms with Crippen molar-refractivity contribution in [3.63, 3.8) is 0 Å². The molecule has 4 rings (SSSR count). The summed E-state index contributed by atoms with van der Waals surface area (Å²) in [6, 6.07) is 4.08. The van der Waals surface area contributed by atoms with Crippen LogP contribution in [0, 0.1) is 20.8 Å². The van der Waals surface area contributed by atoms with Gasteiger partial charge in [0.1, 0.15) is 11.1 Å². The van der Waals surface area contributed by atoms with Gasteiger partial charge in [0, 0.05) is 0 Å². The molecular formula is C17H14N4O3S. The van der Waals surface area contributed by atoms with Gasteiger partial charge in [-0.15, -0.1) is 0 Å². The minimum absolute atomic E-state index is 0.141. The fourth-order valence-corrected chi connectivity index (χ4v) is 3.95. The molecule has 0 spiro atoms. The Morgan fingerprint density at radius 2 is 2.08 bits per heavy atom. The number of carbonyl (C=O) groups is 1. The van der Waals surface area contributed by atoms with Crippen LogP contribution >= 0.6 is 11.3 Å². The van der Waals surface area contributed by atoms with E-state index >= 15 is 0 Å². The average Bonchev–Trinajstić information content (AvgIpc) is 3.08. The number of fused-ring (bicyclic) bond motifs is 2. The summed E-state index contributed by atoms with van der Waals surface area (Å²) in [6.45, 7) is 5.63. The lowest BCUT2D eigenvalue weighted by Crippen LogP contribution is -2.16. The first-order chi connectivity index (χ1) is 11.9. The van der Waals surface area contributed by atoms with Crippen molar-refractivity contribution in [2.24, 2.45) is 0 Å². The molecule has 8 heteroatoms. The number of hydrogen-bond acceptors (Lipinski definition) is 6. The van der Waals surface area contributed by atoms with E-state index in [-0.39, 0.29) is 16.7 Å². The quantitative estimate of drug-likeness (QED) is 0.575. The Labute approximate surface area is 145 Å². The molecule has 0 aliphatic carbocycles. The molecule has 0 bridgehead atoms. The molecule has 4 aromatic rings. The second-order valence-corrected chi connectivity index (χ2v) is 6.88. The normalized spacial score (nSPS) is 11.3. The van der Waals surface area contributed by atoms with Gasteiger partial charge in [-0.1, -0.05) is 17.4 Å². The van der Waals surface area contributed by atoms with Crippen LogP contribution in [0.15, 0.2) is 27.7 Å². The van der Waals surface area contributed by atoms with E-state index in [1.165, 1.54) is 17.7 Å². The van der Waals surface area contributed by atoms with Crippen LogP contribution < -0.4 is 10.9 Å². The number of hydrogen-bond donors (Lipinski definition) is 2. The van der Waals surface area contributed by atoms with Gasteiger partial charge >= 0.3 is 0 Å². The van der Waals surface area contributed by atoms with E-state index in [1.807, 2.05) is 26.0 Å². The summed E-state index contributed by atoms with van der Waals surface area (Å²) in [7, 11) is 0. The van der Waals surface area contributed by atoms with Gasteiger partial charge in [-0.25, -0.2) is 9.97 Å². The summed E-state index contributed by atoms with van der Waals surface area (Å²) in [5, 5.41) is 3.39. The fourth-order valence-electron chi connectivity index (χ4n) is 2.91. The van der Waals surface area contributed by atoms with E-state index in [2.05, 4.69) is 20.3 Å². The molecule has 0 saturated heterocycles. The van der Waals surface area contributed by atoms with Crippen molar-refractivity contribution in [3.05, 3.63) is 51.3 Å². The highest BCUT2D eigenvalue weighted by atomic mass is 32.1. The number of carbonyl (C=O) groups excluding carboxylic acids is 1. The van der Waals surface area contributed by atoms with Crippen molar-refractivity contribution in [2.45, 2.75) is 20.8 Å². The highest BCUT2D eigenvalue weighted by Gasteiger charge is 2.22. The third-order valence-corrected chi connectivity index (χ3v) is 4.87. The van der Waals surface area contributed by atoms with Crippen LogP contribution in [-0.2, 0) is 0 Å². The van der Waals surface area contributed by atoms with Crippen LogP contribution in [0.2, 0.25) is 0 Å². The zero-order valence-electron chi connectivity index (χ0n) is 13.8. The molecule has 3 aromatic heterocycles. The molecule has 7 nitrogen and oxygen atoms in total. The molecule has 0 radical (unpaired) electrons. The number of H-pyrrole nitrogens is 1. The standard InChI is InChI=1S/C17H14N4O3S/c1-7-4-8(2)13-10(5-7)25-17(20-13)21-15(23)11-9(3)24-16-12(11)14(22)18-6-19-16/h4-6H,1-3H3,(H,18,19,22)(H,20,21,23). The van der Waals surface area contributed by atoms with Gasteiger partial charge in [-0.2, -0.15) is 0 Å². The highest BCUT2D eigenvalue weighted by Crippen LogP contribution is 2.30. The number of furan rings is 1. The third-order valence-electron chi connectivity index (χ3n) is 3.95. The lowest BCUT2D eigenvalue weighted by molar-refractivity contribution is 0.102. The predicted molar refractivity (Wildman–Crippen MR) is 96.4 cm³/mol. The Morgan fingerprint density at radius 3 is 2.88 bits per heavy atom. The minimum atomic E-state index is -0.441. The Bertz CT molecular complexity index is 1200. The van der Waals surface area contributed by atoms with Crippen LogP contribution in [0.3, 0.4) is 0 Å². The monoisotopic (exact) mass is 354 g/mol. The number of thiazole rings is 1. The number of aryl methyl sites for hydroxylation is 3. The van der Waals surface area contributed by atoms with E-state index in [0.29, 0.717) is 10.9 Å². The predicted octanol–water partition coefficient (Wildman–Crippen LogP) is 3.30. The van der Waals surface area contributed by atoms with E-state index in [1.54, 1.807) is 6.92 Å². The smallest absolute Gasteiger partial charge is 0.262 e. The lowest BCUT2D eigenvalue weighted by atomic mass is 10.1. The first-order valence-corrected chi connectivity index (χ1v) is 8.41. The van der Waals surface area contributed by atoms with E-state index in [0.717, 1.165) is 21.3 Å². The molecular weight excluding hydrogens is 340 g/mol. The number of benzene rings is 1. The average molecular weight is 354 g/mol. The molecule has 0 aliphatic heterocycles. The van der Waals surface area contributed by atoms with Gasteiger partial charge in [0.15, 0.2) is 5.13 Å². The van der Waals surface area contributed by atoms with Crippen LogP contribution in [0.25, 0.3) is 21.3 Å². The van der Waals surface area contributed by atoms with Gasteiger partial charge in [0.2, 0.25) is 5.71 Å². The van der Waals surface area contributed by atoms with E-state index in [4.69, 9.17) is 4.42 Å². The molecule has 126 valence electrons.